The fourth-order valence-corrected chi connectivity index (χ4v) is 4.94. The quantitative estimate of drug-likeness (QED) is 0.423. The van der Waals surface area contributed by atoms with E-state index in [0.717, 1.165) is 87.7 Å². The van der Waals surface area contributed by atoms with E-state index in [9.17, 15) is 0 Å². The number of aliphatic imine (C=N–C) groups is 1. The van der Waals surface area contributed by atoms with Crippen LogP contribution in [0.25, 0.3) is 0 Å². The number of hydrogen-bond donors (Lipinski definition) is 1. The maximum absolute atomic E-state index is 4.62. The lowest BCUT2D eigenvalue weighted by atomic mass is 10.2. The lowest BCUT2D eigenvalue weighted by Crippen LogP contribution is -2.52. The first-order valence-corrected chi connectivity index (χ1v) is 12.0. The van der Waals surface area contributed by atoms with Gasteiger partial charge in [0.05, 0.1) is 0 Å². The summed E-state index contributed by atoms with van der Waals surface area (Å²) in [6.07, 6.45) is 7.73. The summed E-state index contributed by atoms with van der Waals surface area (Å²) < 4.78 is 6.76. The van der Waals surface area contributed by atoms with Crippen LogP contribution in [0.4, 0.5) is 5.13 Å². The highest BCUT2D eigenvalue weighted by molar-refractivity contribution is 7.09. The number of piperazine rings is 1. The highest BCUT2D eigenvalue weighted by Gasteiger charge is 2.22. The molecule has 0 radical (unpaired) electrons. The molecule has 2 aromatic rings. The summed E-state index contributed by atoms with van der Waals surface area (Å²) in [4.78, 5) is 13.8. The summed E-state index contributed by atoms with van der Waals surface area (Å²) in [5.41, 5.74) is 0. The average Bonchev–Trinajstić information content (AvgIpc) is 3.35. The predicted molar refractivity (Wildman–Crippen MR) is 120 cm³/mol. The van der Waals surface area contributed by atoms with Crippen molar-refractivity contribution in [2.45, 2.75) is 58.4 Å². The van der Waals surface area contributed by atoms with Crippen molar-refractivity contribution in [3.63, 3.8) is 0 Å². The number of rotatable bonds is 6. The normalized spacial score (nSPS) is 17.7. The van der Waals surface area contributed by atoms with Gasteiger partial charge in [-0.3, -0.25) is 4.99 Å². The highest BCUT2D eigenvalue weighted by atomic mass is 32.1. The minimum Gasteiger partial charge on any atom is -0.356 e. The Labute approximate surface area is 182 Å². The van der Waals surface area contributed by atoms with Gasteiger partial charge in [0.1, 0.15) is 17.5 Å². The fourth-order valence-electron chi connectivity index (χ4n) is 4.14. The lowest BCUT2D eigenvalue weighted by molar-refractivity contribution is 0.372. The molecule has 0 unspecified atom stereocenters. The smallest absolute Gasteiger partial charge is 0.205 e. The van der Waals surface area contributed by atoms with Gasteiger partial charge in [-0.05, 0) is 19.3 Å². The molecule has 30 heavy (non-hydrogen) atoms. The molecule has 0 bridgehead atoms. The highest BCUT2D eigenvalue weighted by Crippen LogP contribution is 2.19. The van der Waals surface area contributed by atoms with E-state index in [1.54, 1.807) is 0 Å². The monoisotopic (exact) mass is 431 g/mol. The van der Waals surface area contributed by atoms with Crippen molar-refractivity contribution in [3.05, 3.63) is 17.5 Å². The largest absolute Gasteiger partial charge is 0.356 e. The number of fused-ring (bicyclic) bond motifs is 1. The minimum absolute atomic E-state index is 0.893. The maximum atomic E-state index is 4.62. The Morgan fingerprint density at radius 2 is 1.97 bits per heavy atom. The Balaban J connectivity index is 1.21. The number of aryl methyl sites for hydroxylation is 3. The second-order valence-corrected chi connectivity index (χ2v) is 8.62. The average molecular weight is 432 g/mol. The Bertz CT molecular complexity index is 835. The Morgan fingerprint density at radius 1 is 1.10 bits per heavy atom. The van der Waals surface area contributed by atoms with Gasteiger partial charge in [-0.15, -0.1) is 10.2 Å². The first-order valence-electron chi connectivity index (χ1n) is 11.2. The summed E-state index contributed by atoms with van der Waals surface area (Å²) in [5.74, 6) is 4.24. The summed E-state index contributed by atoms with van der Waals surface area (Å²) in [6.45, 7) is 7.85. The van der Waals surface area contributed by atoms with Gasteiger partial charge in [-0.25, -0.2) is 4.98 Å². The van der Waals surface area contributed by atoms with E-state index in [-0.39, 0.29) is 0 Å². The van der Waals surface area contributed by atoms with Gasteiger partial charge in [-0.1, -0.05) is 13.3 Å². The van der Waals surface area contributed by atoms with Crippen LogP contribution < -0.4 is 10.2 Å². The van der Waals surface area contributed by atoms with E-state index >= 15 is 0 Å². The van der Waals surface area contributed by atoms with Crippen LogP contribution in [0.2, 0.25) is 0 Å². The van der Waals surface area contributed by atoms with Crippen LogP contribution in [0.5, 0.6) is 0 Å². The first kappa shape index (κ1) is 21.0. The molecule has 1 N–H and O–H groups in total. The molecule has 0 aliphatic carbocycles. The van der Waals surface area contributed by atoms with Gasteiger partial charge in [0.15, 0.2) is 5.96 Å². The fraction of sp³-hybridized carbons (Fsp3) is 0.750. The molecule has 164 valence electrons. The van der Waals surface area contributed by atoms with Crippen LogP contribution in [-0.2, 0) is 25.8 Å². The Hall–Kier alpha value is -2.23. The molecule has 4 rings (SSSR count). The number of guanidine groups is 1. The second kappa shape index (κ2) is 10.2. The minimum atomic E-state index is 0.893. The van der Waals surface area contributed by atoms with Gasteiger partial charge in [-0.2, -0.15) is 4.37 Å². The number of aromatic nitrogens is 5. The Morgan fingerprint density at radius 3 is 2.73 bits per heavy atom. The third kappa shape index (κ3) is 4.91. The molecule has 0 saturated carbocycles. The van der Waals surface area contributed by atoms with Crippen molar-refractivity contribution >= 4 is 22.6 Å². The zero-order valence-electron chi connectivity index (χ0n) is 18.2. The summed E-state index contributed by atoms with van der Waals surface area (Å²) in [5, 5.41) is 13.4. The SMILES string of the molecule is CCc1nsc(N2CCN(C(=NC)NCCCc3nnc4n3CCCCC4)CC2)n1. The molecule has 1 saturated heterocycles. The van der Waals surface area contributed by atoms with Gasteiger partial charge >= 0.3 is 0 Å². The predicted octanol–water partition coefficient (Wildman–Crippen LogP) is 1.75. The van der Waals surface area contributed by atoms with Gasteiger partial charge in [0.2, 0.25) is 5.13 Å². The first-order chi connectivity index (χ1) is 14.8. The molecule has 0 atom stereocenters. The number of nitrogens with zero attached hydrogens (tertiary/aromatic N) is 8. The van der Waals surface area contributed by atoms with Crippen LogP contribution in [0, 0.1) is 0 Å². The third-order valence-corrected chi connectivity index (χ3v) is 6.70. The van der Waals surface area contributed by atoms with Crippen molar-refractivity contribution in [1.29, 1.82) is 0 Å². The van der Waals surface area contributed by atoms with E-state index in [0.29, 0.717) is 0 Å². The summed E-state index contributed by atoms with van der Waals surface area (Å²) in [6, 6.07) is 0. The lowest BCUT2D eigenvalue weighted by Gasteiger charge is -2.36. The molecule has 9 nitrogen and oxygen atoms in total. The number of nitrogens with one attached hydrogen (secondary N) is 1. The van der Waals surface area contributed by atoms with Gasteiger partial charge < -0.3 is 19.7 Å². The van der Waals surface area contributed by atoms with E-state index in [1.165, 1.54) is 36.6 Å². The van der Waals surface area contributed by atoms with Crippen molar-refractivity contribution in [3.8, 4) is 0 Å². The van der Waals surface area contributed by atoms with Crippen molar-refractivity contribution in [2.75, 3.05) is 44.7 Å². The molecule has 2 aliphatic rings. The molecule has 2 aliphatic heterocycles. The van der Waals surface area contributed by atoms with Crippen molar-refractivity contribution < 1.29 is 0 Å². The zero-order valence-corrected chi connectivity index (χ0v) is 19.0. The molecule has 2 aromatic heterocycles. The van der Waals surface area contributed by atoms with Crippen LogP contribution in [0.3, 0.4) is 0 Å². The molecule has 0 amide bonds. The second-order valence-electron chi connectivity index (χ2n) is 7.89. The van der Waals surface area contributed by atoms with Crippen molar-refractivity contribution in [2.24, 2.45) is 4.99 Å². The third-order valence-electron chi connectivity index (χ3n) is 5.88. The van der Waals surface area contributed by atoms with E-state index < -0.39 is 0 Å². The Kier molecular flexibility index (Phi) is 7.14. The van der Waals surface area contributed by atoms with Crippen LogP contribution in [-0.4, -0.2) is 74.8 Å². The van der Waals surface area contributed by atoms with Gasteiger partial charge in [0.25, 0.3) is 0 Å². The van der Waals surface area contributed by atoms with E-state index in [2.05, 4.69) is 51.2 Å². The molecular weight excluding hydrogens is 398 g/mol. The number of anilines is 1. The molecule has 1 fully saturated rings. The summed E-state index contributed by atoms with van der Waals surface area (Å²) >= 11 is 1.51. The molecule has 10 heteroatoms. The molecular formula is C20H33N9S. The van der Waals surface area contributed by atoms with Crippen molar-refractivity contribution in [1.82, 2.24) is 34.3 Å². The number of hydrogen-bond acceptors (Lipinski definition) is 7. The molecule has 0 aromatic carbocycles. The molecule has 4 heterocycles. The maximum Gasteiger partial charge on any atom is 0.205 e. The van der Waals surface area contributed by atoms with E-state index in [1.807, 2.05) is 7.05 Å². The molecule has 0 spiro atoms. The van der Waals surface area contributed by atoms with Crippen LogP contribution in [0.1, 0.15) is 50.1 Å². The standard InChI is InChI=1S/C20H33N9S/c1-3-16-23-20(30-26-16)28-14-12-27(13-15-28)19(21-2)22-10-7-9-18-25-24-17-8-5-4-6-11-29(17)18/h3-15H2,1-2H3,(H,21,22). The van der Waals surface area contributed by atoms with Crippen LogP contribution in [0.15, 0.2) is 4.99 Å². The zero-order chi connectivity index (χ0) is 20.8. The van der Waals surface area contributed by atoms with Crippen LogP contribution >= 0.6 is 11.5 Å². The summed E-state index contributed by atoms with van der Waals surface area (Å²) in [7, 11) is 1.87. The van der Waals surface area contributed by atoms with E-state index in [4.69, 9.17) is 0 Å². The topological polar surface area (TPSA) is 87.4 Å². The van der Waals surface area contributed by atoms with Gasteiger partial charge in [0, 0.05) is 77.1 Å².